The van der Waals surface area contributed by atoms with Crippen molar-refractivity contribution in [3.05, 3.63) is 89.9 Å². The van der Waals surface area contributed by atoms with Gasteiger partial charge in [-0.15, -0.1) is 0 Å². The maximum Gasteiger partial charge on any atom is 0.272 e. The Balaban J connectivity index is 1.37. The lowest BCUT2D eigenvalue weighted by Gasteiger charge is -2.17. The second-order valence-corrected chi connectivity index (χ2v) is 6.95. The van der Waals surface area contributed by atoms with Crippen molar-refractivity contribution in [2.75, 3.05) is 18.9 Å². The van der Waals surface area contributed by atoms with Crippen molar-refractivity contribution in [1.82, 2.24) is 19.9 Å². The van der Waals surface area contributed by atoms with Crippen molar-refractivity contribution in [3.63, 3.8) is 0 Å². The van der Waals surface area contributed by atoms with Gasteiger partial charge in [0.15, 0.2) is 0 Å². The molecular formula is C23H23N5O. The first-order valence-electron chi connectivity index (χ1n) is 9.62. The van der Waals surface area contributed by atoms with Crippen molar-refractivity contribution in [3.8, 4) is 0 Å². The second kappa shape index (κ2) is 8.56. The summed E-state index contributed by atoms with van der Waals surface area (Å²) in [6.45, 7) is 1.21. The number of nitrogens with one attached hydrogen (secondary N) is 2. The second-order valence-electron chi connectivity index (χ2n) is 6.95. The predicted molar refractivity (Wildman–Crippen MR) is 115 cm³/mol. The lowest BCUT2D eigenvalue weighted by atomic mass is 10.1. The Labute approximate surface area is 169 Å². The lowest BCUT2D eigenvalue weighted by Crippen LogP contribution is -2.27. The summed E-state index contributed by atoms with van der Waals surface area (Å²) in [5.41, 5.74) is 3.83. The zero-order valence-corrected chi connectivity index (χ0v) is 16.3. The van der Waals surface area contributed by atoms with E-state index in [1.54, 1.807) is 24.2 Å². The Morgan fingerprint density at radius 3 is 2.72 bits per heavy atom. The Morgan fingerprint density at radius 1 is 1.07 bits per heavy atom. The number of H-pyrrole nitrogens is 1. The molecule has 0 unspecified atom stereocenters. The minimum atomic E-state index is -0.129. The summed E-state index contributed by atoms with van der Waals surface area (Å²) in [7, 11) is 1.78. The van der Waals surface area contributed by atoms with Crippen LogP contribution in [-0.2, 0) is 13.0 Å². The molecule has 1 amide bonds. The first-order valence-corrected chi connectivity index (χ1v) is 9.62. The fraction of sp³-hybridized carbons (Fsp3) is 0.174. The molecule has 0 aliphatic heterocycles. The maximum atomic E-state index is 12.7. The van der Waals surface area contributed by atoms with Crippen molar-refractivity contribution in [1.29, 1.82) is 0 Å². The summed E-state index contributed by atoms with van der Waals surface area (Å²) in [5, 5.41) is 4.45. The molecule has 146 valence electrons. The fourth-order valence-electron chi connectivity index (χ4n) is 3.34. The summed E-state index contributed by atoms with van der Waals surface area (Å²) < 4.78 is 0. The molecule has 0 aliphatic rings. The van der Waals surface area contributed by atoms with E-state index >= 15 is 0 Å². The number of amides is 1. The van der Waals surface area contributed by atoms with Gasteiger partial charge < -0.3 is 15.2 Å². The van der Waals surface area contributed by atoms with Gasteiger partial charge in [-0.2, -0.15) is 0 Å². The lowest BCUT2D eigenvalue weighted by molar-refractivity contribution is 0.0779. The van der Waals surface area contributed by atoms with Crippen LogP contribution in [-0.4, -0.2) is 39.4 Å². The Hall–Kier alpha value is -3.67. The largest absolute Gasteiger partial charge is 0.361 e. The van der Waals surface area contributed by atoms with Gasteiger partial charge in [0.05, 0.1) is 0 Å². The quantitative estimate of drug-likeness (QED) is 0.506. The third-order valence-corrected chi connectivity index (χ3v) is 4.84. The van der Waals surface area contributed by atoms with Gasteiger partial charge in [0.1, 0.15) is 5.69 Å². The van der Waals surface area contributed by atoms with E-state index in [0.29, 0.717) is 24.7 Å². The molecule has 6 nitrogen and oxygen atoms in total. The SMILES string of the molecule is CN(Cc1ccccc1)C(=O)c1ccnc(NCCc2c[nH]c3ccccc23)n1. The molecule has 0 atom stereocenters. The van der Waals surface area contributed by atoms with Crippen molar-refractivity contribution in [2.24, 2.45) is 0 Å². The summed E-state index contributed by atoms with van der Waals surface area (Å²) in [6, 6.07) is 19.8. The standard InChI is InChI=1S/C23H23N5O/c1-28(16-17-7-3-2-4-8-17)22(29)21-12-14-25-23(27-21)24-13-11-18-15-26-20-10-6-5-9-19(18)20/h2-10,12,14-15,26H,11,13,16H2,1H3,(H,24,25,27). The van der Waals surface area contributed by atoms with E-state index in [1.165, 1.54) is 10.9 Å². The number of rotatable bonds is 7. The highest BCUT2D eigenvalue weighted by Gasteiger charge is 2.14. The summed E-state index contributed by atoms with van der Waals surface area (Å²) in [4.78, 5) is 26.3. The topological polar surface area (TPSA) is 73.9 Å². The summed E-state index contributed by atoms with van der Waals surface area (Å²) in [5.74, 6) is 0.333. The number of hydrogen-bond acceptors (Lipinski definition) is 4. The molecule has 4 aromatic rings. The van der Waals surface area contributed by atoms with Gasteiger partial charge in [-0.05, 0) is 29.7 Å². The third kappa shape index (κ3) is 4.43. The monoisotopic (exact) mass is 385 g/mol. The molecular weight excluding hydrogens is 362 g/mol. The molecule has 2 aromatic carbocycles. The number of aromatic amines is 1. The molecule has 2 N–H and O–H groups in total. The number of fused-ring (bicyclic) bond motifs is 1. The Morgan fingerprint density at radius 2 is 1.86 bits per heavy atom. The molecule has 0 saturated heterocycles. The average molecular weight is 385 g/mol. The highest BCUT2D eigenvalue weighted by Crippen LogP contribution is 2.18. The minimum absolute atomic E-state index is 0.129. The smallest absolute Gasteiger partial charge is 0.272 e. The van der Waals surface area contributed by atoms with Crippen LogP contribution in [0.3, 0.4) is 0 Å². The summed E-state index contributed by atoms with van der Waals surface area (Å²) >= 11 is 0. The highest BCUT2D eigenvalue weighted by atomic mass is 16.2. The molecule has 0 fully saturated rings. The number of anilines is 1. The normalized spacial score (nSPS) is 10.8. The average Bonchev–Trinajstić information content (AvgIpc) is 3.17. The number of hydrogen-bond donors (Lipinski definition) is 2. The van der Waals surface area contributed by atoms with E-state index < -0.39 is 0 Å². The summed E-state index contributed by atoms with van der Waals surface area (Å²) in [6.07, 6.45) is 4.48. The van der Waals surface area contributed by atoms with Crippen molar-refractivity contribution < 1.29 is 4.79 Å². The van der Waals surface area contributed by atoms with Gasteiger partial charge in [0.2, 0.25) is 5.95 Å². The number of aromatic nitrogens is 3. The maximum absolute atomic E-state index is 12.7. The fourth-order valence-corrected chi connectivity index (χ4v) is 3.34. The number of benzene rings is 2. The minimum Gasteiger partial charge on any atom is -0.361 e. The zero-order valence-electron chi connectivity index (χ0n) is 16.3. The van der Waals surface area contributed by atoms with Crippen LogP contribution in [0.1, 0.15) is 21.6 Å². The van der Waals surface area contributed by atoms with Gasteiger partial charge in [-0.25, -0.2) is 9.97 Å². The van der Waals surface area contributed by atoms with Crippen LogP contribution < -0.4 is 5.32 Å². The van der Waals surface area contributed by atoms with Crippen LogP contribution in [0.4, 0.5) is 5.95 Å². The molecule has 4 rings (SSSR count). The molecule has 0 bridgehead atoms. The Bertz CT molecular complexity index is 1110. The number of nitrogens with zero attached hydrogens (tertiary/aromatic N) is 3. The van der Waals surface area contributed by atoms with E-state index in [0.717, 1.165) is 17.5 Å². The molecule has 0 radical (unpaired) electrons. The number of carbonyl (C=O) groups is 1. The van der Waals surface area contributed by atoms with Crippen molar-refractivity contribution >= 4 is 22.8 Å². The van der Waals surface area contributed by atoms with E-state index in [-0.39, 0.29) is 5.91 Å². The first-order chi connectivity index (χ1) is 14.2. The van der Waals surface area contributed by atoms with Gasteiger partial charge >= 0.3 is 0 Å². The molecule has 2 aromatic heterocycles. The van der Waals surface area contributed by atoms with E-state index in [2.05, 4.69) is 32.4 Å². The number of carbonyl (C=O) groups excluding carboxylic acids is 1. The van der Waals surface area contributed by atoms with Crippen molar-refractivity contribution in [2.45, 2.75) is 13.0 Å². The van der Waals surface area contributed by atoms with Gasteiger partial charge in [-0.1, -0.05) is 48.5 Å². The van der Waals surface area contributed by atoms with Crippen LogP contribution in [0.5, 0.6) is 0 Å². The number of para-hydroxylation sites is 1. The van der Waals surface area contributed by atoms with E-state index in [4.69, 9.17) is 0 Å². The van der Waals surface area contributed by atoms with E-state index in [1.807, 2.05) is 48.7 Å². The molecule has 6 heteroatoms. The van der Waals surface area contributed by atoms with Gasteiger partial charge in [-0.3, -0.25) is 4.79 Å². The molecule has 29 heavy (non-hydrogen) atoms. The Kier molecular flexibility index (Phi) is 5.52. The van der Waals surface area contributed by atoms with Gasteiger partial charge in [0.25, 0.3) is 5.91 Å². The molecule has 0 spiro atoms. The molecule has 0 aliphatic carbocycles. The molecule has 0 saturated carbocycles. The first kappa shape index (κ1) is 18.7. The highest BCUT2D eigenvalue weighted by molar-refractivity contribution is 5.92. The zero-order chi connectivity index (χ0) is 20.1. The van der Waals surface area contributed by atoms with Crippen LogP contribution in [0.25, 0.3) is 10.9 Å². The van der Waals surface area contributed by atoms with Crippen LogP contribution in [0.2, 0.25) is 0 Å². The van der Waals surface area contributed by atoms with Crippen LogP contribution in [0, 0.1) is 0 Å². The predicted octanol–water partition coefficient (Wildman–Crippen LogP) is 3.88. The van der Waals surface area contributed by atoms with Crippen LogP contribution >= 0.6 is 0 Å². The third-order valence-electron chi connectivity index (χ3n) is 4.84. The van der Waals surface area contributed by atoms with E-state index in [9.17, 15) is 4.79 Å². The van der Waals surface area contributed by atoms with Gasteiger partial charge in [0, 0.05) is 43.4 Å². The van der Waals surface area contributed by atoms with Crippen LogP contribution in [0.15, 0.2) is 73.1 Å². The molecule has 2 heterocycles.